The van der Waals surface area contributed by atoms with Crippen LogP contribution in [-0.2, 0) is 0 Å². The normalized spacial score (nSPS) is 23.0. The van der Waals surface area contributed by atoms with Crippen molar-refractivity contribution in [2.75, 3.05) is 13.2 Å². The Kier molecular flexibility index (Phi) is 6.56. The highest BCUT2D eigenvalue weighted by Crippen LogP contribution is 2.40. The smallest absolute Gasteiger partial charge is 0.122 e. The standard InChI is InChI=1S/C19H31NO/c1-4-21-19-13-9-8-12-18(19)17-11-7-5-6-10-16(17)14-20-15(2)3/h8-9,12-13,15-17,20H,4-7,10-11,14H2,1-3H3. The van der Waals surface area contributed by atoms with Crippen molar-refractivity contribution in [3.05, 3.63) is 29.8 Å². The lowest BCUT2D eigenvalue weighted by Crippen LogP contribution is -2.31. The molecule has 1 aliphatic carbocycles. The van der Waals surface area contributed by atoms with Crippen LogP contribution in [0, 0.1) is 5.92 Å². The van der Waals surface area contributed by atoms with Gasteiger partial charge in [-0.15, -0.1) is 0 Å². The summed E-state index contributed by atoms with van der Waals surface area (Å²) < 4.78 is 5.88. The monoisotopic (exact) mass is 289 g/mol. The van der Waals surface area contributed by atoms with Crippen molar-refractivity contribution in [1.29, 1.82) is 0 Å². The van der Waals surface area contributed by atoms with E-state index in [1.807, 2.05) is 0 Å². The maximum Gasteiger partial charge on any atom is 0.122 e. The van der Waals surface area contributed by atoms with Gasteiger partial charge in [0.15, 0.2) is 0 Å². The van der Waals surface area contributed by atoms with Gasteiger partial charge in [-0.2, -0.15) is 0 Å². The molecular weight excluding hydrogens is 258 g/mol. The predicted octanol–water partition coefficient (Wildman–Crippen LogP) is 4.75. The molecule has 2 nitrogen and oxygen atoms in total. The van der Waals surface area contributed by atoms with E-state index in [2.05, 4.69) is 50.4 Å². The molecule has 1 aliphatic rings. The van der Waals surface area contributed by atoms with E-state index in [1.165, 1.54) is 37.7 Å². The molecule has 2 atom stereocenters. The molecule has 1 fully saturated rings. The van der Waals surface area contributed by atoms with Gasteiger partial charge in [0.25, 0.3) is 0 Å². The second kappa shape index (κ2) is 8.43. The molecule has 2 heteroatoms. The first-order valence-electron chi connectivity index (χ1n) is 8.67. The lowest BCUT2D eigenvalue weighted by atomic mass is 9.82. The molecule has 1 N–H and O–H groups in total. The summed E-state index contributed by atoms with van der Waals surface area (Å²) in [7, 11) is 0. The summed E-state index contributed by atoms with van der Waals surface area (Å²) in [4.78, 5) is 0. The third kappa shape index (κ3) is 4.74. The fraction of sp³-hybridized carbons (Fsp3) is 0.684. The Morgan fingerprint density at radius 2 is 1.90 bits per heavy atom. The van der Waals surface area contributed by atoms with E-state index >= 15 is 0 Å². The number of para-hydroxylation sites is 1. The summed E-state index contributed by atoms with van der Waals surface area (Å²) in [6, 6.07) is 9.23. The summed E-state index contributed by atoms with van der Waals surface area (Å²) in [5, 5.41) is 3.65. The van der Waals surface area contributed by atoms with Crippen LogP contribution in [0.5, 0.6) is 5.75 Å². The van der Waals surface area contributed by atoms with Crippen LogP contribution >= 0.6 is 0 Å². The van der Waals surface area contributed by atoms with Gasteiger partial charge in [-0.25, -0.2) is 0 Å². The third-order valence-corrected chi connectivity index (χ3v) is 4.57. The van der Waals surface area contributed by atoms with Crippen LogP contribution in [0.1, 0.15) is 64.4 Å². The fourth-order valence-electron chi connectivity index (χ4n) is 3.50. The molecule has 0 radical (unpaired) electrons. The zero-order chi connectivity index (χ0) is 15.1. The number of nitrogens with one attached hydrogen (secondary N) is 1. The predicted molar refractivity (Wildman–Crippen MR) is 90.1 cm³/mol. The van der Waals surface area contributed by atoms with Crippen LogP contribution < -0.4 is 10.1 Å². The third-order valence-electron chi connectivity index (χ3n) is 4.57. The highest BCUT2D eigenvalue weighted by molar-refractivity contribution is 5.37. The Balaban J connectivity index is 2.19. The molecule has 118 valence electrons. The summed E-state index contributed by atoms with van der Waals surface area (Å²) in [6.45, 7) is 8.42. The molecule has 1 saturated carbocycles. The first-order chi connectivity index (χ1) is 10.2. The zero-order valence-corrected chi connectivity index (χ0v) is 13.9. The van der Waals surface area contributed by atoms with Gasteiger partial charge in [-0.05, 0) is 49.8 Å². The van der Waals surface area contributed by atoms with Gasteiger partial charge in [0, 0.05) is 6.04 Å². The molecule has 1 aromatic rings. The number of rotatable bonds is 6. The average Bonchev–Trinajstić information content (AvgIpc) is 2.71. The maximum absolute atomic E-state index is 5.88. The van der Waals surface area contributed by atoms with Gasteiger partial charge in [0.05, 0.1) is 6.61 Å². The SMILES string of the molecule is CCOc1ccccc1C1CCCCCC1CNC(C)C. The van der Waals surface area contributed by atoms with Crippen LogP contribution in [0.2, 0.25) is 0 Å². The van der Waals surface area contributed by atoms with Crippen LogP contribution in [0.25, 0.3) is 0 Å². The van der Waals surface area contributed by atoms with Gasteiger partial charge in [-0.1, -0.05) is 51.3 Å². The largest absolute Gasteiger partial charge is 0.494 e. The van der Waals surface area contributed by atoms with E-state index in [0.29, 0.717) is 12.0 Å². The summed E-state index contributed by atoms with van der Waals surface area (Å²) in [6.07, 6.45) is 6.74. The van der Waals surface area contributed by atoms with Crippen molar-refractivity contribution in [3.8, 4) is 5.75 Å². The number of benzene rings is 1. The molecule has 0 spiro atoms. The van der Waals surface area contributed by atoms with Crippen LogP contribution in [0.15, 0.2) is 24.3 Å². The van der Waals surface area contributed by atoms with E-state index in [9.17, 15) is 0 Å². The topological polar surface area (TPSA) is 21.3 Å². The van der Waals surface area contributed by atoms with Crippen molar-refractivity contribution in [3.63, 3.8) is 0 Å². The lowest BCUT2D eigenvalue weighted by Gasteiger charge is -2.28. The van der Waals surface area contributed by atoms with E-state index in [-0.39, 0.29) is 0 Å². The highest BCUT2D eigenvalue weighted by atomic mass is 16.5. The zero-order valence-electron chi connectivity index (χ0n) is 13.9. The Morgan fingerprint density at radius 3 is 2.67 bits per heavy atom. The lowest BCUT2D eigenvalue weighted by molar-refractivity contribution is 0.316. The van der Waals surface area contributed by atoms with Crippen LogP contribution in [-0.4, -0.2) is 19.2 Å². The Labute approximate surface area is 130 Å². The van der Waals surface area contributed by atoms with Gasteiger partial charge in [0.1, 0.15) is 5.75 Å². The second-order valence-electron chi connectivity index (χ2n) is 6.54. The minimum absolute atomic E-state index is 0.566. The number of ether oxygens (including phenoxy) is 1. The molecule has 0 bridgehead atoms. The minimum atomic E-state index is 0.566. The van der Waals surface area contributed by atoms with Gasteiger partial charge >= 0.3 is 0 Å². The van der Waals surface area contributed by atoms with E-state index in [4.69, 9.17) is 4.74 Å². The van der Waals surface area contributed by atoms with E-state index in [1.54, 1.807) is 0 Å². The molecule has 0 heterocycles. The molecule has 0 aliphatic heterocycles. The Hall–Kier alpha value is -1.02. The van der Waals surface area contributed by atoms with Crippen LogP contribution in [0.3, 0.4) is 0 Å². The van der Waals surface area contributed by atoms with Crippen molar-refractivity contribution in [1.82, 2.24) is 5.32 Å². The molecule has 0 amide bonds. The second-order valence-corrected chi connectivity index (χ2v) is 6.54. The van der Waals surface area contributed by atoms with Crippen LogP contribution in [0.4, 0.5) is 0 Å². The first-order valence-corrected chi connectivity index (χ1v) is 8.67. The first kappa shape index (κ1) is 16.4. The quantitative estimate of drug-likeness (QED) is 0.763. The highest BCUT2D eigenvalue weighted by Gasteiger charge is 2.27. The molecule has 21 heavy (non-hydrogen) atoms. The van der Waals surface area contributed by atoms with Gasteiger partial charge < -0.3 is 10.1 Å². The molecular formula is C19H31NO. The maximum atomic E-state index is 5.88. The number of hydrogen-bond acceptors (Lipinski definition) is 2. The van der Waals surface area contributed by atoms with Crippen molar-refractivity contribution >= 4 is 0 Å². The van der Waals surface area contributed by atoms with Crippen molar-refractivity contribution < 1.29 is 4.74 Å². The van der Waals surface area contributed by atoms with Crippen molar-refractivity contribution in [2.24, 2.45) is 5.92 Å². The van der Waals surface area contributed by atoms with Gasteiger partial charge in [-0.3, -0.25) is 0 Å². The molecule has 1 aromatic carbocycles. The molecule has 0 aromatic heterocycles. The Bertz CT molecular complexity index is 416. The minimum Gasteiger partial charge on any atom is -0.494 e. The molecule has 0 saturated heterocycles. The number of hydrogen-bond donors (Lipinski definition) is 1. The average molecular weight is 289 g/mol. The Morgan fingerprint density at radius 1 is 1.14 bits per heavy atom. The summed E-state index contributed by atoms with van der Waals surface area (Å²) in [5.74, 6) is 2.47. The van der Waals surface area contributed by atoms with E-state index in [0.717, 1.165) is 24.8 Å². The summed E-state index contributed by atoms with van der Waals surface area (Å²) >= 11 is 0. The summed E-state index contributed by atoms with van der Waals surface area (Å²) in [5.41, 5.74) is 1.43. The van der Waals surface area contributed by atoms with Crippen molar-refractivity contribution in [2.45, 2.75) is 64.8 Å². The van der Waals surface area contributed by atoms with E-state index < -0.39 is 0 Å². The van der Waals surface area contributed by atoms with Gasteiger partial charge in [0.2, 0.25) is 0 Å². The molecule has 2 rings (SSSR count). The fourth-order valence-corrected chi connectivity index (χ4v) is 3.50. The molecule has 2 unspecified atom stereocenters.